The second-order valence-corrected chi connectivity index (χ2v) is 7.15. The molecule has 0 spiro atoms. The van der Waals surface area contributed by atoms with Crippen molar-refractivity contribution in [3.8, 4) is 28.3 Å². The molecule has 0 unspecified atom stereocenters. The van der Waals surface area contributed by atoms with E-state index < -0.39 is 5.97 Å². The van der Waals surface area contributed by atoms with Crippen LogP contribution in [0.4, 0.5) is 0 Å². The van der Waals surface area contributed by atoms with Crippen molar-refractivity contribution >= 4 is 11.8 Å². The van der Waals surface area contributed by atoms with E-state index >= 15 is 0 Å². The van der Waals surface area contributed by atoms with Crippen molar-refractivity contribution in [2.45, 2.75) is 0 Å². The van der Waals surface area contributed by atoms with Gasteiger partial charge in [0.2, 0.25) is 0 Å². The Morgan fingerprint density at radius 2 is 1.28 bits per heavy atom. The normalized spacial score (nSPS) is 10.2. The number of hydrogen-bond donors (Lipinski definition) is 0. The summed E-state index contributed by atoms with van der Waals surface area (Å²) in [6.45, 7) is -0.363. The third-order valence-electron chi connectivity index (χ3n) is 5.13. The molecule has 4 aromatic carbocycles. The van der Waals surface area contributed by atoms with Gasteiger partial charge >= 0.3 is 5.97 Å². The van der Waals surface area contributed by atoms with E-state index in [2.05, 4.69) is 6.07 Å². The maximum Gasteiger partial charge on any atom is 0.339 e. The molecule has 0 aromatic heterocycles. The minimum absolute atomic E-state index is 0.284. The van der Waals surface area contributed by atoms with Crippen LogP contribution in [0.3, 0.4) is 0 Å². The highest BCUT2D eigenvalue weighted by Gasteiger charge is 2.17. The molecule has 32 heavy (non-hydrogen) atoms. The minimum atomic E-state index is -0.609. The minimum Gasteiger partial charge on any atom is -0.454 e. The Kier molecular flexibility index (Phi) is 6.20. The Hall–Kier alpha value is -4.49. The van der Waals surface area contributed by atoms with E-state index in [-0.39, 0.29) is 12.4 Å². The zero-order valence-electron chi connectivity index (χ0n) is 17.2. The molecule has 0 heterocycles. The number of ketones is 1. The highest BCUT2D eigenvalue weighted by atomic mass is 16.5. The van der Waals surface area contributed by atoms with Gasteiger partial charge in [0.05, 0.1) is 17.2 Å². The second-order valence-electron chi connectivity index (χ2n) is 7.15. The first-order valence-corrected chi connectivity index (χ1v) is 10.1. The number of Topliss-reactive ketones (excluding diaryl/α,β-unsaturated/α-hetero) is 1. The Balaban J connectivity index is 1.48. The van der Waals surface area contributed by atoms with Crippen LogP contribution in [0.2, 0.25) is 0 Å². The molecule has 0 saturated heterocycles. The molecule has 4 nitrogen and oxygen atoms in total. The van der Waals surface area contributed by atoms with Crippen LogP contribution in [0.15, 0.2) is 103 Å². The summed E-state index contributed by atoms with van der Waals surface area (Å²) in [5.41, 5.74) is 4.54. The lowest BCUT2D eigenvalue weighted by Gasteiger charge is -2.11. The topological polar surface area (TPSA) is 67.2 Å². The van der Waals surface area contributed by atoms with Crippen LogP contribution in [-0.4, -0.2) is 18.4 Å². The van der Waals surface area contributed by atoms with Crippen molar-refractivity contribution in [3.05, 3.63) is 120 Å². The van der Waals surface area contributed by atoms with E-state index in [0.717, 1.165) is 11.1 Å². The summed E-state index contributed by atoms with van der Waals surface area (Å²) in [4.78, 5) is 25.3. The van der Waals surface area contributed by atoms with Crippen molar-refractivity contribution in [2.24, 2.45) is 0 Å². The van der Waals surface area contributed by atoms with Gasteiger partial charge in [0.15, 0.2) is 12.4 Å². The third-order valence-corrected chi connectivity index (χ3v) is 5.13. The summed E-state index contributed by atoms with van der Waals surface area (Å²) < 4.78 is 5.32. The monoisotopic (exact) mass is 417 g/mol. The molecule has 0 atom stereocenters. The number of ether oxygens (including phenoxy) is 1. The van der Waals surface area contributed by atoms with Crippen LogP contribution < -0.4 is 0 Å². The molecule has 0 N–H and O–H groups in total. The Bertz CT molecular complexity index is 1300. The van der Waals surface area contributed by atoms with Crippen molar-refractivity contribution in [3.63, 3.8) is 0 Å². The molecule has 4 rings (SSSR count). The number of rotatable bonds is 6. The summed E-state index contributed by atoms with van der Waals surface area (Å²) in [5.74, 6) is -0.893. The standard InChI is InChI=1S/C28H19NO3/c29-18-23-10-4-5-11-24(23)25-12-6-7-13-26(25)28(31)32-19-27(30)22-16-14-21(15-17-22)20-8-2-1-3-9-20/h1-17H,19H2. The van der Waals surface area contributed by atoms with Gasteiger partial charge in [0, 0.05) is 11.1 Å². The summed E-state index contributed by atoms with van der Waals surface area (Å²) in [6, 6.07) is 33.2. The predicted octanol–water partition coefficient (Wildman–Crippen LogP) is 5.93. The smallest absolute Gasteiger partial charge is 0.339 e. The third kappa shape index (κ3) is 4.48. The number of nitrogens with zero attached hydrogens (tertiary/aromatic N) is 1. The van der Waals surface area contributed by atoms with Gasteiger partial charge < -0.3 is 4.74 Å². The van der Waals surface area contributed by atoms with Crippen LogP contribution in [0.5, 0.6) is 0 Å². The summed E-state index contributed by atoms with van der Waals surface area (Å²) in [7, 11) is 0. The fourth-order valence-electron chi connectivity index (χ4n) is 3.48. The van der Waals surface area contributed by atoms with Crippen LogP contribution in [-0.2, 0) is 4.74 Å². The first-order chi connectivity index (χ1) is 15.7. The van der Waals surface area contributed by atoms with Crippen molar-refractivity contribution < 1.29 is 14.3 Å². The van der Waals surface area contributed by atoms with Gasteiger partial charge in [0.1, 0.15) is 0 Å². The Morgan fingerprint density at radius 3 is 2.00 bits per heavy atom. The van der Waals surface area contributed by atoms with Gasteiger partial charge in [-0.1, -0.05) is 91.0 Å². The van der Waals surface area contributed by atoms with Crippen LogP contribution in [0.25, 0.3) is 22.3 Å². The molecule has 0 aliphatic heterocycles. The van der Waals surface area contributed by atoms with E-state index in [1.807, 2.05) is 42.5 Å². The molecule has 0 aliphatic carbocycles. The lowest BCUT2D eigenvalue weighted by molar-refractivity contribution is 0.0475. The molecule has 0 saturated carbocycles. The largest absolute Gasteiger partial charge is 0.454 e. The van der Waals surface area contributed by atoms with Crippen molar-refractivity contribution in [1.29, 1.82) is 5.26 Å². The number of benzene rings is 4. The summed E-state index contributed by atoms with van der Waals surface area (Å²) in [6.07, 6.45) is 0. The maximum absolute atomic E-state index is 12.8. The lowest BCUT2D eigenvalue weighted by Crippen LogP contribution is -2.15. The first-order valence-electron chi connectivity index (χ1n) is 10.1. The fourth-order valence-corrected chi connectivity index (χ4v) is 3.48. The van der Waals surface area contributed by atoms with Crippen molar-refractivity contribution in [2.75, 3.05) is 6.61 Å². The molecule has 4 aromatic rings. The van der Waals surface area contributed by atoms with E-state index in [9.17, 15) is 14.9 Å². The molecule has 0 fully saturated rings. The molecule has 0 amide bonds. The van der Waals surface area contributed by atoms with E-state index in [0.29, 0.717) is 27.8 Å². The van der Waals surface area contributed by atoms with E-state index in [1.165, 1.54) is 0 Å². The van der Waals surface area contributed by atoms with Crippen LogP contribution in [0, 0.1) is 11.3 Å². The SMILES string of the molecule is N#Cc1ccccc1-c1ccccc1C(=O)OCC(=O)c1ccc(-c2ccccc2)cc1. The lowest BCUT2D eigenvalue weighted by atomic mass is 9.96. The summed E-state index contributed by atoms with van der Waals surface area (Å²) in [5, 5.41) is 9.39. The van der Waals surface area contributed by atoms with Crippen LogP contribution >= 0.6 is 0 Å². The van der Waals surface area contributed by atoms with Gasteiger partial charge in [-0.05, 0) is 28.8 Å². The average Bonchev–Trinajstić information content (AvgIpc) is 2.87. The molecule has 4 heteroatoms. The molecule has 0 bridgehead atoms. The molecule has 0 radical (unpaired) electrons. The van der Waals surface area contributed by atoms with Crippen molar-refractivity contribution in [1.82, 2.24) is 0 Å². The number of hydrogen-bond acceptors (Lipinski definition) is 4. The van der Waals surface area contributed by atoms with E-state index in [4.69, 9.17) is 4.74 Å². The predicted molar refractivity (Wildman–Crippen MR) is 123 cm³/mol. The zero-order valence-corrected chi connectivity index (χ0v) is 17.2. The maximum atomic E-state index is 12.8. The molecule has 0 aliphatic rings. The molecule has 154 valence electrons. The highest BCUT2D eigenvalue weighted by Crippen LogP contribution is 2.27. The van der Waals surface area contributed by atoms with Gasteiger partial charge in [-0.25, -0.2) is 4.79 Å². The molecular weight excluding hydrogens is 398 g/mol. The van der Waals surface area contributed by atoms with Gasteiger partial charge in [-0.3, -0.25) is 4.79 Å². The number of esters is 1. The van der Waals surface area contributed by atoms with E-state index in [1.54, 1.807) is 60.7 Å². The van der Waals surface area contributed by atoms with Gasteiger partial charge in [-0.2, -0.15) is 5.26 Å². The highest BCUT2D eigenvalue weighted by molar-refractivity contribution is 6.02. The quantitative estimate of drug-likeness (QED) is 0.288. The average molecular weight is 417 g/mol. The fraction of sp³-hybridized carbons (Fsp3) is 0.0357. The number of nitriles is 1. The number of carbonyl (C=O) groups is 2. The van der Waals surface area contributed by atoms with Gasteiger partial charge in [-0.15, -0.1) is 0 Å². The Labute approximate surface area is 186 Å². The summed E-state index contributed by atoms with van der Waals surface area (Å²) >= 11 is 0. The number of carbonyl (C=O) groups excluding carboxylic acids is 2. The zero-order chi connectivity index (χ0) is 22.3. The van der Waals surface area contributed by atoms with Crippen LogP contribution in [0.1, 0.15) is 26.3 Å². The van der Waals surface area contributed by atoms with Gasteiger partial charge in [0.25, 0.3) is 0 Å². The second kappa shape index (κ2) is 9.55. The molecular formula is C28H19NO3. The Morgan fingerprint density at radius 1 is 0.688 bits per heavy atom. The first kappa shape index (κ1) is 20.8.